The van der Waals surface area contributed by atoms with E-state index in [-0.39, 0.29) is 30.7 Å². The first kappa shape index (κ1) is 24.4. The third-order valence-electron chi connectivity index (χ3n) is 6.87. The van der Waals surface area contributed by atoms with Gasteiger partial charge < -0.3 is 19.9 Å². The molecule has 0 radical (unpaired) electrons. The van der Waals surface area contributed by atoms with Crippen molar-refractivity contribution in [1.82, 2.24) is 5.32 Å². The molecule has 1 aliphatic heterocycles. The van der Waals surface area contributed by atoms with Crippen molar-refractivity contribution in [1.29, 1.82) is 0 Å². The molecular weight excluding hydrogens is 466 g/mol. The number of dihydropyridines is 1. The first-order valence-electron chi connectivity index (χ1n) is 12.4. The van der Waals surface area contributed by atoms with Crippen molar-refractivity contribution in [3.63, 3.8) is 0 Å². The summed E-state index contributed by atoms with van der Waals surface area (Å²) in [6.45, 7) is 2.12. The highest BCUT2D eigenvalue weighted by Gasteiger charge is 2.41. The normalized spacial score (nSPS) is 19.2. The molecule has 2 N–H and O–H groups in total. The van der Waals surface area contributed by atoms with E-state index in [1.807, 2.05) is 67.6 Å². The van der Waals surface area contributed by atoms with Gasteiger partial charge in [-0.25, -0.2) is 4.79 Å². The fraction of sp³-hybridized carbons (Fsp3) is 0.226. The average Bonchev–Trinajstić information content (AvgIpc) is 2.91. The number of phenols is 1. The number of para-hydroxylation sites is 1. The Morgan fingerprint density at radius 3 is 2.27 bits per heavy atom. The van der Waals surface area contributed by atoms with Gasteiger partial charge in [0.1, 0.15) is 24.7 Å². The van der Waals surface area contributed by atoms with Gasteiger partial charge in [-0.05, 0) is 54.7 Å². The van der Waals surface area contributed by atoms with E-state index < -0.39 is 11.9 Å². The van der Waals surface area contributed by atoms with E-state index in [2.05, 4.69) is 5.32 Å². The van der Waals surface area contributed by atoms with E-state index in [0.29, 0.717) is 35.4 Å². The van der Waals surface area contributed by atoms with Crippen molar-refractivity contribution < 1.29 is 24.2 Å². The van der Waals surface area contributed by atoms with Crippen LogP contribution in [0.4, 0.5) is 0 Å². The first-order chi connectivity index (χ1) is 18.0. The molecule has 3 aromatic carbocycles. The molecule has 0 bridgehead atoms. The van der Waals surface area contributed by atoms with Gasteiger partial charge in [-0.1, -0.05) is 60.7 Å². The largest absolute Gasteiger partial charge is 0.508 e. The molecule has 3 aromatic rings. The minimum Gasteiger partial charge on any atom is -0.508 e. The molecule has 0 saturated heterocycles. The van der Waals surface area contributed by atoms with Crippen LogP contribution in [0.3, 0.4) is 0 Å². The Morgan fingerprint density at radius 2 is 1.57 bits per heavy atom. The van der Waals surface area contributed by atoms with Gasteiger partial charge in [-0.3, -0.25) is 4.79 Å². The van der Waals surface area contributed by atoms with Gasteiger partial charge in [0.2, 0.25) is 0 Å². The Bertz CT molecular complexity index is 1340. The summed E-state index contributed by atoms with van der Waals surface area (Å²) in [5, 5.41) is 13.2. The molecule has 188 valence electrons. The molecule has 0 unspecified atom stereocenters. The zero-order valence-electron chi connectivity index (χ0n) is 20.6. The van der Waals surface area contributed by atoms with E-state index in [9.17, 15) is 14.7 Å². The lowest BCUT2D eigenvalue weighted by atomic mass is 9.72. The van der Waals surface area contributed by atoms with Crippen LogP contribution >= 0.6 is 0 Å². The van der Waals surface area contributed by atoms with Gasteiger partial charge in [0.25, 0.3) is 0 Å². The van der Waals surface area contributed by atoms with E-state index in [1.165, 1.54) is 0 Å². The molecule has 37 heavy (non-hydrogen) atoms. The van der Waals surface area contributed by atoms with Crippen molar-refractivity contribution >= 4 is 11.8 Å². The number of benzene rings is 3. The highest BCUT2D eigenvalue weighted by Crippen LogP contribution is 2.45. The molecule has 1 aliphatic carbocycles. The second kappa shape index (κ2) is 10.7. The fourth-order valence-electron chi connectivity index (χ4n) is 5.16. The number of nitrogens with one attached hydrogen (secondary N) is 1. The summed E-state index contributed by atoms with van der Waals surface area (Å²) >= 11 is 0. The molecular formula is C31H29NO5. The van der Waals surface area contributed by atoms with E-state index in [4.69, 9.17) is 9.47 Å². The molecule has 2 atom stereocenters. The quantitative estimate of drug-likeness (QED) is 0.338. The predicted octanol–water partition coefficient (Wildman–Crippen LogP) is 5.38. The Kier molecular flexibility index (Phi) is 7.08. The third kappa shape index (κ3) is 5.28. The summed E-state index contributed by atoms with van der Waals surface area (Å²) in [6, 6.07) is 26.0. The number of hydrogen-bond donors (Lipinski definition) is 2. The zero-order chi connectivity index (χ0) is 25.8. The summed E-state index contributed by atoms with van der Waals surface area (Å²) < 4.78 is 11.3. The highest BCUT2D eigenvalue weighted by atomic mass is 16.6. The number of aromatic hydroxyl groups is 1. The van der Waals surface area contributed by atoms with Crippen LogP contribution in [0.1, 0.15) is 42.7 Å². The van der Waals surface area contributed by atoms with Crippen LogP contribution in [0.25, 0.3) is 0 Å². The lowest BCUT2D eigenvalue weighted by molar-refractivity contribution is -0.140. The SMILES string of the molecule is CC1=C(C(=O)OCCOc2ccccc2)[C@@H](c2ccc(O)cc2)C2=C(C[C@H](c3ccccc3)CC2=O)N1. The summed E-state index contributed by atoms with van der Waals surface area (Å²) in [7, 11) is 0. The van der Waals surface area contributed by atoms with E-state index >= 15 is 0 Å². The van der Waals surface area contributed by atoms with Crippen LogP contribution in [0.15, 0.2) is 107 Å². The molecule has 2 aliphatic rings. The number of rotatable bonds is 7. The van der Waals surface area contributed by atoms with E-state index in [1.54, 1.807) is 24.3 Å². The maximum atomic E-state index is 13.6. The van der Waals surface area contributed by atoms with Crippen molar-refractivity contribution in [2.45, 2.75) is 31.6 Å². The van der Waals surface area contributed by atoms with Crippen LogP contribution in [0.5, 0.6) is 11.5 Å². The molecule has 5 rings (SSSR count). The molecule has 0 amide bonds. The summed E-state index contributed by atoms with van der Waals surface area (Å²) in [5.74, 6) is -0.185. The predicted molar refractivity (Wildman–Crippen MR) is 140 cm³/mol. The van der Waals surface area contributed by atoms with Crippen molar-refractivity contribution in [3.05, 3.63) is 119 Å². The van der Waals surface area contributed by atoms with Crippen LogP contribution in [0, 0.1) is 0 Å². The highest BCUT2D eigenvalue weighted by molar-refractivity contribution is 6.04. The van der Waals surface area contributed by atoms with Crippen LogP contribution in [-0.2, 0) is 14.3 Å². The Labute approximate surface area is 216 Å². The second-order valence-electron chi connectivity index (χ2n) is 9.32. The van der Waals surface area contributed by atoms with Crippen LogP contribution in [-0.4, -0.2) is 30.1 Å². The first-order valence-corrected chi connectivity index (χ1v) is 12.4. The number of esters is 1. The number of hydrogen-bond acceptors (Lipinski definition) is 6. The number of ketones is 1. The lowest BCUT2D eigenvalue weighted by Gasteiger charge is -2.36. The monoisotopic (exact) mass is 495 g/mol. The maximum Gasteiger partial charge on any atom is 0.336 e. The molecule has 6 heteroatoms. The number of carbonyl (C=O) groups is 2. The Balaban J connectivity index is 1.41. The average molecular weight is 496 g/mol. The molecule has 0 fully saturated rings. The molecule has 1 heterocycles. The topological polar surface area (TPSA) is 84.9 Å². The van der Waals surface area contributed by atoms with E-state index in [0.717, 1.165) is 16.8 Å². The number of ether oxygens (including phenoxy) is 2. The Hall–Kier alpha value is -4.32. The van der Waals surface area contributed by atoms with Crippen LogP contribution in [0.2, 0.25) is 0 Å². The summed E-state index contributed by atoms with van der Waals surface area (Å²) in [6.07, 6.45) is 1.04. The number of phenolic OH excluding ortho intramolecular Hbond substituents is 1. The van der Waals surface area contributed by atoms with Gasteiger partial charge in [-0.15, -0.1) is 0 Å². The van der Waals surface area contributed by atoms with Gasteiger partial charge in [0.15, 0.2) is 5.78 Å². The number of allylic oxidation sites excluding steroid dienone is 3. The third-order valence-corrected chi connectivity index (χ3v) is 6.87. The molecule has 6 nitrogen and oxygen atoms in total. The Morgan fingerprint density at radius 1 is 0.892 bits per heavy atom. The molecule has 0 spiro atoms. The minimum absolute atomic E-state index is 0.00545. The lowest BCUT2D eigenvalue weighted by Crippen LogP contribution is -2.36. The number of carbonyl (C=O) groups excluding carboxylic acids is 2. The van der Waals surface area contributed by atoms with Crippen LogP contribution < -0.4 is 10.1 Å². The van der Waals surface area contributed by atoms with Gasteiger partial charge >= 0.3 is 5.97 Å². The minimum atomic E-state index is -0.580. The molecule has 0 saturated carbocycles. The van der Waals surface area contributed by atoms with Gasteiger partial charge in [0.05, 0.1) is 5.57 Å². The standard InChI is InChI=1S/C31H29NO5/c1-20-28(31(35)37-17-16-36-25-10-6-3-7-11-25)29(22-12-14-24(33)15-13-22)30-26(32-20)18-23(19-27(30)34)21-8-4-2-5-9-21/h2-15,23,29,32-33H,16-19H2,1H3/t23-,29+/m0/s1. The fourth-order valence-corrected chi connectivity index (χ4v) is 5.16. The molecule has 0 aromatic heterocycles. The van der Waals surface area contributed by atoms with Crippen molar-refractivity contribution in [3.8, 4) is 11.5 Å². The van der Waals surface area contributed by atoms with Crippen molar-refractivity contribution in [2.75, 3.05) is 13.2 Å². The number of Topliss-reactive ketones (excluding diaryl/α,β-unsaturated/α-hetero) is 1. The summed E-state index contributed by atoms with van der Waals surface area (Å²) in [4.78, 5) is 27.0. The van der Waals surface area contributed by atoms with Crippen molar-refractivity contribution in [2.24, 2.45) is 0 Å². The maximum absolute atomic E-state index is 13.6. The smallest absolute Gasteiger partial charge is 0.336 e. The van der Waals surface area contributed by atoms with Gasteiger partial charge in [0, 0.05) is 29.3 Å². The summed E-state index contributed by atoms with van der Waals surface area (Å²) in [5.41, 5.74) is 4.37. The van der Waals surface area contributed by atoms with Gasteiger partial charge in [-0.2, -0.15) is 0 Å². The zero-order valence-corrected chi connectivity index (χ0v) is 20.6. The second-order valence-corrected chi connectivity index (χ2v) is 9.32.